The normalized spacial score (nSPS) is 17.1. The monoisotopic (exact) mass is 585 g/mol. The van der Waals surface area contributed by atoms with Crippen molar-refractivity contribution in [2.45, 2.75) is 32.2 Å². The van der Waals surface area contributed by atoms with Crippen LogP contribution in [0.15, 0.2) is 54.6 Å². The van der Waals surface area contributed by atoms with E-state index in [0.29, 0.717) is 36.2 Å². The summed E-state index contributed by atoms with van der Waals surface area (Å²) in [7, 11) is 1.40. The molecule has 10 heteroatoms. The third kappa shape index (κ3) is 6.07. The van der Waals surface area contributed by atoms with Crippen LogP contribution in [0.25, 0.3) is 11.0 Å². The molecule has 2 saturated heterocycles. The Morgan fingerprint density at radius 1 is 1.12 bits per heavy atom. The van der Waals surface area contributed by atoms with Gasteiger partial charge < -0.3 is 23.7 Å². The number of benzene rings is 2. The molecule has 9 nitrogen and oxygen atoms in total. The predicted molar refractivity (Wildman–Crippen MR) is 161 cm³/mol. The van der Waals surface area contributed by atoms with Crippen LogP contribution in [-0.4, -0.2) is 71.4 Å². The summed E-state index contributed by atoms with van der Waals surface area (Å²) in [5.41, 5.74) is 3.90. The minimum Gasteiger partial charge on any atom is -0.473 e. The maximum atomic E-state index is 12.2. The molecule has 2 aromatic carbocycles. The number of pyridine rings is 1. The van der Waals surface area contributed by atoms with Crippen LogP contribution in [0.4, 0.5) is 5.82 Å². The van der Waals surface area contributed by atoms with Crippen molar-refractivity contribution in [1.82, 2.24) is 19.4 Å². The number of terminal acetylenes is 1. The highest BCUT2D eigenvalue weighted by Crippen LogP contribution is 2.25. The van der Waals surface area contributed by atoms with Gasteiger partial charge in [-0.15, -0.1) is 6.42 Å². The third-order valence-corrected chi connectivity index (χ3v) is 8.15. The van der Waals surface area contributed by atoms with Crippen molar-refractivity contribution in [1.29, 1.82) is 0 Å². The summed E-state index contributed by atoms with van der Waals surface area (Å²) in [5.74, 6) is 4.63. The van der Waals surface area contributed by atoms with Gasteiger partial charge in [-0.2, -0.15) is 4.98 Å². The number of rotatable bonds is 9. The van der Waals surface area contributed by atoms with E-state index in [1.807, 2.05) is 42.5 Å². The average Bonchev–Trinajstić information content (AvgIpc) is 3.34. The molecule has 0 radical (unpaired) electrons. The second kappa shape index (κ2) is 12.4. The van der Waals surface area contributed by atoms with Crippen molar-refractivity contribution in [2.75, 3.05) is 44.8 Å². The summed E-state index contributed by atoms with van der Waals surface area (Å²) >= 11 is 6.35. The van der Waals surface area contributed by atoms with Gasteiger partial charge in [-0.3, -0.25) is 4.90 Å². The summed E-state index contributed by atoms with van der Waals surface area (Å²) in [6.07, 6.45) is 6.64. The molecule has 6 rings (SSSR count). The lowest BCUT2D eigenvalue weighted by Crippen LogP contribution is -2.46. The topological polar surface area (TPSA) is 82.0 Å². The molecule has 2 aliphatic heterocycles. The SMILES string of the molecule is C#Cc1ccc(COc2cccc(N3CCN(Cc4nc5ccc(C(=O)OC)cc5n4C[C@@H]4CCO4)CC3)n2)c(Cl)c1. The second-order valence-corrected chi connectivity index (χ2v) is 10.9. The summed E-state index contributed by atoms with van der Waals surface area (Å²) < 4.78 is 18.8. The maximum Gasteiger partial charge on any atom is 0.337 e. The van der Waals surface area contributed by atoms with Gasteiger partial charge in [0.15, 0.2) is 0 Å². The van der Waals surface area contributed by atoms with E-state index >= 15 is 0 Å². The second-order valence-electron chi connectivity index (χ2n) is 10.5. The molecule has 0 bridgehead atoms. The Morgan fingerprint density at radius 2 is 1.95 bits per heavy atom. The van der Waals surface area contributed by atoms with E-state index in [2.05, 4.69) is 20.3 Å². The molecule has 2 fully saturated rings. The van der Waals surface area contributed by atoms with Crippen LogP contribution in [0.5, 0.6) is 5.88 Å². The number of imidazole rings is 1. The van der Waals surface area contributed by atoms with Gasteiger partial charge in [0.25, 0.3) is 0 Å². The zero-order valence-corrected chi connectivity index (χ0v) is 24.2. The summed E-state index contributed by atoms with van der Waals surface area (Å²) in [4.78, 5) is 26.5. The van der Waals surface area contributed by atoms with Crippen molar-refractivity contribution in [3.63, 3.8) is 0 Å². The Morgan fingerprint density at radius 3 is 2.67 bits per heavy atom. The van der Waals surface area contributed by atoms with E-state index in [-0.39, 0.29) is 12.1 Å². The molecule has 216 valence electrons. The molecule has 2 aliphatic rings. The van der Waals surface area contributed by atoms with E-state index in [1.54, 1.807) is 12.1 Å². The lowest BCUT2D eigenvalue weighted by Gasteiger charge is -2.35. The summed E-state index contributed by atoms with van der Waals surface area (Å²) in [6.45, 7) is 5.89. The molecule has 4 heterocycles. The Hall–Kier alpha value is -4.10. The number of carbonyl (C=O) groups is 1. The maximum absolute atomic E-state index is 12.2. The van der Waals surface area contributed by atoms with Crippen LogP contribution < -0.4 is 9.64 Å². The number of anilines is 1. The fraction of sp³-hybridized carbons (Fsp3) is 0.344. The van der Waals surface area contributed by atoms with Gasteiger partial charge >= 0.3 is 5.97 Å². The molecule has 0 amide bonds. The van der Waals surface area contributed by atoms with Gasteiger partial charge in [-0.05, 0) is 42.8 Å². The highest BCUT2D eigenvalue weighted by molar-refractivity contribution is 6.31. The van der Waals surface area contributed by atoms with E-state index in [4.69, 9.17) is 42.2 Å². The lowest BCUT2D eigenvalue weighted by molar-refractivity contribution is -0.0592. The Bertz CT molecular complexity index is 1640. The number of ether oxygens (including phenoxy) is 3. The first-order valence-corrected chi connectivity index (χ1v) is 14.4. The molecule has 4 aromatic rings. The number of aromatic nitrogens is 3. The quantitative estimate of drug-likeness (QED) is 0.209. The lowest BCUT2D eigenvalue weighted by atomic mass is 10.1. The van der Waals surface area contributed by atoms with Crippen molar-refractivity contribution in [2.24, 2.45) is 0 Å². The Kier molecular flexibility index (Phi) is 8.29. The molecule has 0 N–H and O–H groups in total. The highest BCUT2D eigenvalue weighted by atomic mass is 35.5. The number of hydrogen-bond acceptors (Lipinski definition) is 8. The molecule has 2 aromatic heterocycles. The molecule has 0 aliphatic carbocycles. The number of hydrogen-bond donors (Lipinski definition) is 0. The van der Waals surface area contributed by atoms with E-state index in [1.165, 1.54) is 7.11 Å². The number of fused-ring (bicyclic) bond motifs is 1. The largest absolute Gasteiger partial charge is 0.473 e. The van der Waals surface area contributed by atoms with E-state index < -0.39 is 0 Å². The molecular formula is C32H32ClN5O4. The van der Waals surface area contributed by atoms with Gasteiger partial charge in [0, 0.05) is 55.0 Å². The smallest absolute Gasteiger partial charge is 0.337 e. The first-order chi connectivity index (χ1) is 20.5. The zero-order chi connectivity index (χ0) is 29.1. The fourth-order valence-electron chi connectivity index (χ4n) is 5.28. The van der Waals surface area contributed by atoms with Crippen molar-refractivity contribution in [3.8, 4) is 18.2 Å². The van der Waals surface area contributed by atoms with Gasteiger partial charge in [-0.1, -0.05) is 29.7 Å². The van der Waals surface area contributed by atoms with E-state index in [9.17, 15) is 4.79 Å². The van der Waals surface area contributed by atoms with Crippen LogP contribution >= 0.6 is 11.6 Å². The van der Waals surface area contributed by atoms with Gasteiger partial charge in [-0.25, -0.2) is 9.78 Å². The van der Waals surface area contributed by atoms with Gasteiger partial charge in [0.1, 0.15) is 18.2 Å². The standard InChI is InChI=1S/C32H32ClN5O4/c1-3-22-7-8-24(26(33)17-22)21-42-31-6-4-5-29(35-31)37-14-12-36(13-15-37)20-30-34-27-10-9-23(32(39)40-2)18-28(27)38(30)19-25-11-16-41-25/h1,4-10,17-18,25H,11-16,19-21H2,2H3/t25-/m0/s1. The molecule has 42 heavy (non-hydrogen) atoms. The van der Waals surface area contributed by atoms with Crippen LogP contribution in [0.1, 0.15) is 33.7 Å². The summed E-state index contributed by atoms with van der Waals surface area (Å²) in [5, 5.41) is 0.579. The van der Waals surface area contributed by atoms with Gasteiger partial charge in [0.05, 0.1) is 42.9 Å². The summed E-state index contributed by atoms with van der Waals surface area (Å²) in [6, 6.07) is 16.8. The first-order valence-electron chi connectivity index (χ1n) is 14.0. The molecule has 1 atom stereocenters. The third-order valence-electron chi connectivity index (χ3n) is 7.79. The average molecular weight is 586 g/mol. The number of esters is 1. The number of halogens is 1. The molecule has 0 spiro atoms. The number of methoxy groups -OCH3 is 1. The van der Waals surface area contributed by atoms with Crippen LogP contribution in [-0.2, 0) is 29.2 Å². The fourth-order valence-corrected chi connectivity index (χ4v) is 5.51. The molecule has 0 saturated carbocycles. The van der Waals surface area contributed by atoms with Gasteiger partial charge in [0.2, 0.25) is 5.88 Å². The van der Waals surface area contributed by atoms with Crippen LogP contribution in [0.3, 0.4) is 0 Å². The van der Waals surface area contributed by atoms with Crippen molar-refractivity contribution in [3.05, 3.63) is 82.1 Å². The highest BCUT2D eigenvalue weighted by Gasteiger charge is 2.25. The van der Waals surface area contributed by atoms with Crippen LogP contribution in [0.2, 0.25) is 5.02 Å². The Labute approximate surface area is 250 Å². The number of piperazine rings is 1. The minimum absolute atomic E-state index is 0.165. The molecule has 0 unspecified atom stereocenters. The van der Waals surface area contributed by atoms with Crippen LogP contribution in [0, 0.1) is 12.3 Å². The molecular weight excluding hydrogens is 554 g/mol. The van der Waals surface area contributed by atoms with E-state index in [0.717, 1.165) is 73.0 Å². The Balaban J connectivity index is 1.10. The first kappa shape index (κ1) is 28.0. The van der Waals surface area contributed by atoms with Crippen molar-refractivity contribution >= 4 is 34.4 Å². The van der Waals surface area contributed by atoms with Crippen molar-refractivity contribution < 1.29 is 19.0 Å². The zero-order valence-electron chi connectivity index (χ0n) is 23.5. The predicted octanol–water partition coefficient (Wildman–Crippen LogP) is 4.54. The number of nitrogens with zero attached hydrogens (tertiary/aromatic N) is 5. The minimum atomic E-state index is -0.354. The number of carbonyl (C=O) groups excluding carboxylic acids is 1.